The number of nitrogens with zero attached hydrogens (tertiary/aromatic N) is 2. The van der Waals surface area contributed by atoms with E-state index < -0.39 is 0 Å². The van der Waals surface area contributed by atoms with Crippen LogP contribution in [0.2, 0.25) is 0 Å². The fraction of sp³-hybridized carbons (Fsp3) is 0.889. The smallest absolute Gasteiger partial charge is 0.179 e. The van der Waals surface area contributed by atoms with Crippen molar-refractivity contribution < 1.29 is 0 Å². The summed E-state index contributed by atoms with van der Waals surface area (Å²) in [5.41, 5.74) is 0. The molecule has 1 unspecified atom stereocenters. The van der Waals surface area contributed by atoms with Crippen molar-refractivity contribution in [3.8, 4) is 6.19 Å². The summed E-state index contributed by atoms with van der Waals surface area (Å²) in [6.45, 7) is 6.44. The topological polar surface area (TPSA) is 27.0 Å². The van der Waals surface area contributed by atoms with E-state index in [1.54, 1.807) is 0 Å². The SMILES string of the molecule is CC(C)C1CCCN(C#N)C1. The van der Waals surface area contributed by atoms with E-state index in [1.165, 1.54) is 12.8 Å². The summed E-state index contributed by atoms with van der Waals surface area (Å²) >= 11 is 0. The lowest BCUT2D eigenvalue weighted by Gasteiger charge is -2.31. The fourth-order valence-electron chi connectivity index (χ4n) is 1.64. The van der Waals surface area contributed by atoms with Crippen molar-refractivity contribution in [1.29, 1.82) is 5.26 Å². The number of likely N-dealkylation sites (tertiary alicyclic amines) is 1. The van der Waals surface area contributed by atoms with Gasteiger partial charge in [-0.1, -0.05) is 13.8 Å². The molecule has 0 bridgehead atoms. The van der Waals surface area contributed by atoms with Crippen molar-refractivity contribution in [1.82, 2.24) is 4.90 Å². The van der Waals surface area contributed by atoms with E-state index in [2.05, 4.69) is 20.0 Å². The van der Waals surface area contributed by atoms with Gasteiger partial charge in [0, 0.05) is 13.1 Å². The van der Waals surface area contributed by atoms with Gasteiger partial charge in [0.05, 0.1) is 0 Å². The number of hydrogen-bond donors (Lipinski definition) is 0. The summed E-state index contributed by atoms with van der Waals surface area (Å²) in [4.78, 5) is 1.88. The molecule has 11 heavy (non-hydrogen) atoms. The first-order valence-electron chi connectivity index (χ1n) is 4.38. The minimum atomic E-state index is 0.728. The summed E-state index contributed by atoms with van der Waals surface area (Å²) in [5, 5.41) is 8.67. The van der Waals surface area contributed by atoms with E-state index in [4.69, 9.17) is 5.26 Å². The molecule has 1 heterocycles. The van der Waals surface area contributed by atoms with Crippen LogP contribution in [0, 0.1) is 23.3 Å². The maximum absolute atomic E-state index is 8.67. The van der Waals surface area contributed by atoms with Gasteiger partial charge >= 0.3 is 0 Å². The minimum Gasteiger partial charge on any atom is -0.310 e. The minimum absolute atomic E-state index is 0.728. The fourth-order valence-corrected chi connectivity index (χ4v) is 1.64. The normalized spacial score (nSPS) is 25.3. The van der Waals surface area contributed by atoms with Crippen molar-refractivity contribution >= 4 is 0 Å². The van der Waals surface area contributed by atoms with E-state index in [-0.39, 0.29) is 0 Å². The van der Waals surface area contributed by atoms with Crippen LogP contribution in [0.4, 0.5) is 0 Å². The highest BCUT2D eigenvalue weighted by molar-refractivity contribution is 4.82. The summed E-state index contributed by atoms with van der Waals surface area (Å²) in [6.07, 6.45) is 4.71. The monoisotopic (exact) mass is 152 g/mol. The Bertz CT molecular complexity index is 157. The maximum atomic E-state index is 8.67. The molecule has 1 saturated heterocycles. The van der Waals surface area contributed by atoms with Crippen molar-refractivity contribution in [3.63, 3.8) is 0 Å². The van der Waals surface area contributed by atoms with Crippen LogP contribution in [-0.4, -0.2) is 18.0 Å². The number of hydrogen-bond acceptors (Lipinski definition) is 2. The van der Waals surface area contributed by atoms with Crippen LogP contribution in [0.3, 0.4) is 0 Å². The number of nitriles is 1. The van der Waals surface area contributed by atoms with Crippen LogP contribution in [0.15, 0.2) is 0 Å². The number of piperidine rings is 1. The molecule has 1 aliphatic heterocycles. The van der Waals surface area contributed by atoms with Gasteiger partial charge in [0.15, 0.2) is 6.19 Å². The van der Waals surface area contributed by atoms with Crippen LogP contribution >= 0.6 is 0 Å². The highest BCUT2D eigenvalue weighted by atomic mass is 15.1. The zero-order valence-electron chi connectivity index (χ0n) is 7.38. The highest BCUT2D eigenvalue weighted by Crippen LogP contribution is 2.22. The Morgan fingerprint density at radius 2 is 2.27 bits per heavy atom. The zero-order chi connectivity index (χ0) is 8.27. The molecule has 2 heteroatoms. The van der Waals surface area contributed by atoms with E-state index >= 15 is 0 Å². The molecule has 0 aromatic heterocycles. The Kier molecular flexibility index (Phi) is 2.76. The van der Waals surface area contributed by atoms with Crippen LogP contribution < -0.4 is 0 Å². The second-order valence-electron chi connectivity index (χ2n) is 3.69. The second-order valence-corrected chi connectivity index (χ2v) is 3.69. The average Bonchev–Trinajstić information content (AvgIpc) is 2.05. The van der Waals surface area contributed by atoms with Gasteiger partial charge in [-0.15, -0.1) is 0 Å². The molecular formula is C9H16N2. The lowest BCUT2D eigenvalue weighted by Crippen LogP contribution is -2.33. The Morgan fingerprint density at radius 1 is 1.55 bits per heavy atom. The van der Waals surface area contributed by atoms with E-state index in [9.17, 15) is 0 Å². The van der Waals surface area contributed by atoms with E-state index in [1.807, 2.05) is 4.90 Å². The van der Waals surface area contributed by atoms with Crippen molar-refractivity contribution in [3.05, 3.63) is 0 Å². The zero-order valence-corrected chi connectivity index (χ0v) is 7.38. The first kappa shape index (κ1) is 8.39. The lowest BCUT2D eigenvalue weighted by molar-refractivity contribution is 0.200. The van der Waals surface area contributed by atoms with Crippen LogP contribution in [0.5, 0.6) is 0 Å². The Morgan fingerprint density at radius 3 is 2.82 bits per heavy atom. The first-order chi connectivity index (χ1) is 5.24. The van der Waals surface area contributed by atoms with Gasteiger partial charge < -0.3 is 4.90 Å². The molecule has 0 aromatic carbocycles. The molecule has 0 aliphatic carbocycles. The predicted octanol–water partition coefficient (Wildman–Crippen LogP) is 1.84. The van der Waals surface area contributed by atoms with Gasteiger partial charge in [-0.3, -0.25) is 0 Å². The molecule has 0 aromatic rings. The molecule has 1 aliphatic rings. The molecule has 1 atom stereocenters. The molecule has 0 spiro atoms. The molecule has 1 rings (SSSR count). The molecule has 0 amide bonds. The molecular weight excluding hydrogens is 136 g/mol. The van der Waals surface area contributed by atoms with E-state index in [0.717, 1.165) is 24.9 Å². The average molecular weight is 152 g/mol. The third kappa shape index (κ3) is 2.11. The molecule has 62 valence electrons. The summed E-state index contributed by atoms with van der Waals surface area (Å²) in [5.74, 6) is 1.47. The summed E-state index contributed by atoms with van der Waals surface area (Å²) in [6, 6.07) is 0. The van der Waals surface area contributed by atoms with E-state index in [0.29, 0.717) is 0 Å². The highest BCUT2D eigenvalue weighted by Gasteiger charge is 2.20. The van der Waals surface area contributed by atoms with Crippen LogP contribution in [-0.2, 0) is 0 Å². The maximum Gasteiger partial charge on any atom is 0.179 e. The Hall–Kier alpha value is -0.710. The quantitative estimate of drug-likeness (QED) is 0.536. The first-order valence-corrected chi connectivity index (χ1v) is 4.38. The van der Waals surface area contributed by atoms with Crippen LogP contribution in [0.1, 0.15) is 26.7 Å². The third-order valence-electron chi connectivity index (χ3n) is 2.54. The molecule has 0 saturated carbocycles. The molecule has 0 N–H and O–H groups in total. The van der Waals surface area contributed by atoms with Gasteiger partial charge in [0.2, 0.25) is 0 Å². The summed E-state index contributed by atoms with van der Waals surface area (Å²) in [7, 11) is 0. The predicted molar refractivity (Wildman–Crippen MR) is 44.7 cm³/mol. The number of rotatable bonds is 1. The molecule has 0 radical (unpaired) electrons. The van der Waals surface area contributed by atoms with Crippen molar-refractivity contribution in [2.45, 2.75) is 26.7 Å². The van der Waals surface area contributed by atoms with Gasteiger partial charge in [-0.05, 0) is 24.7 Å². The van der Waals surface area contributed by atoms with Crippen LogP contribution in [0.25, 0.3) is 0 Å². The van der Waals surface area contributed by atoms with Crippen molar-refractivity contribution in [2.24, 2.45) is 11.8 Å². The standard InChI is InChI=1S/C9H16N2/c1-8(2)9-4-3-5-11(6-9)7-10/h8-9H,3-6H2,1-2H3. The Labute approximate surface area is 68.8 Å². The lowest BCUT2D eigenvalue weighted by atomic mass is 9.88. The summed E-state index contributed by atoms with van der Waals surface area (Å²) < 4.78 is 0. The third-order valence-corrected chi connectivity index (χ3v) is 2.54. The molecule has 1 fully saturated rings. The van der Waals surface area contributed by atoms with Gasteiger partial charge in [0.25, 0.3) is 0 Å². The van der Waals surface area contributed by atoms with Gasteiger partial charge in [-0.2, -0.15) is 5.26 Å². The molecule has 2 nitrogen and oxygen atoms in total. The second kappa shape index (κ2) is 3.61. The van der Waals surface area contributed by atoms with Gasteiger partial charge in [-0.25, -0.2) is 0 Å². The largest absolute Gasteiger partial charge is 0.310 e. The Balaban J connectivity index is 2.41. The van der Waals surface area contributed by atoms with Gasteiger partial charge in [0.1, 0.15) is 0 Å². The van der Waals surface area contributed by atoms with Crippen molar-refractivity contribution in [2.75, 3.05) is 13.1 Å².